The maximum atomic E-state index is 9.43. The summed E-state index contributed by atoms with van der Waals surface area (Å²) < 4.78 is 3.11. The average Bonchev–Trinajstić information content (AvgIpc) is 3.55. The molecule has 2 aromatic heterocycles. The number of aliphatic hydroxyl groups is 1. The van der Waals surface area contributed by atoms with Crippen LogP contribution in [0.2, 0.25) is 0 Å². The van der Waals surface area contributed by atoms with Crippen molar-refractivity contribution in [1.82, 2.24) is 14.8 Å². The van der Waals surface area contributed by atoms with Gasteiger partial charge in [0.05, 0.1) is 41.1 Å². The fraction of sp³-hybridized carbons (Fsp3) is 0.417. The van der Waals surface area contributed by atoms with Gasteiger partial charge in [0.25, 0.3) is 0 Å². The third kappa shape index (κ3) is 2.47. The first-order valence-electron chi connectivity index (χ1n) is 11.2. The van der Waals surface area contributed by atoms with Gasteiger partial charge in [0.15, 0.2) is 5.13 Å². The minimum Gasteiger partial charge on any atom is -0.394 e. The van der Waals surface area contributed by atoms with E-state index < -0.39 is 0 Å². The highest BCUT2D eigenvalue weighted by atomic mass is 32.1. The molecule has 0 saturated heterocycles. The number of rotatable bonds is 3. The standard InChI is InChI=1S/C24H25N5OS/c25-24-28-16-4-3-14(10-19(16)31-24)23-21-13-2-1-12(9-13)20(21)22-15-11-26-29(7-8-30)18(15)6-5-17(22)27-23/h3-6,10-13,20-21,23,27,30H,1-2,7-9H2,(H2,25,28)/t12?,13?,20-,21+,23?/m0/s1. The van der Waals surface area contributed by atoms with Crippen LogP contribution in [-0.2, 0) is 6.54 Å². The number of hydrogen-bond acceptors (Lipinski definition) is 6. The lowest BCUT2D eigenvalue weighted by Gasteiger charge is -2.43. The van der Waals surface area contributed by atoms with Gasteiger partial charge in [0, 0.05) is 11.1 Å². The fourth-order valence-electron chi connectivity index (χ4n) is 6.90. The van der Waals surface area contributed by atoms with Crippen molar-refractivity contribution in [2.24, 2.45) is 17.8 Å². The Labute approximate surface area is 184 Å². The average molecular weight is 432 g/mol. The zero-order valence-corrected chi connectivity index (χ0v) is 18.0. The molecule has 0 radical (unpaired) electrons. The number of nitrogen functional groups attached to an aromatic ring is 1. The molecule has 2 aromatic carbocycles. The molecule has 3 aliphatic rings. The molecule has 2 fully saturated rings. The molecule has 158 valence electrons. The van der Waals surface area contributed by atoms with E-state index >= 15 is 0 Å². The number of thiazole rings is 1. The summed E-state index contributed by atoms with van der Waals surface area (Å²) in [5.74, 6) is 2.69. The number of anilines is 2. The molecule has 2 aliphatic carbocycles. The first kappa shape index (κ1) is 18.0. The van der Waals surface area contributed by atoms with Crippen molar-refractivity contribution in [3.8, 4) is 0 Å². The number of fused-ring (bicyclic) bond motifs is 10. The molecule has 1 aliphatic heterocycles. The van der Waals surface area contributed by atoms with Gasteiger partial charge in [0.1, 0.15) is 0 Å². The second-order valence-electron chi connectivity index (χ2n) is 9.39. The molecular weight excluding hydrogens is 406 g/mol. The van der Waals surface area contributed by atoms with Crippen LogP contribution in [0.4, 0.5) is 10.8 Å². The second-order valence-corrected chi connectivity index (χ2v) is 10.5. The van der Waals surface area contributed by atoms with Crippen LogP contribution < -0.4 is 11.1 Å². The lowest BCUT2D eigenvalue weighted by molar-refractivity contribution is 0.249. The molecule has 0 spiro atoms. The van der Waals surface area contributed by atoms with Crippen molar-refractivity contribution < 1.29 is 5.11 Å². The van der Waals surface area contributed by atoms with E-state index in [1.54, 1.807) is 11.3 Å². The predicted molar refractivity (Wildman–Crippen MR) is 124 cm³/mol. The highest BCUT2D eigenvalue weighted by Crippen LogP contribution is 2.64. The van der Waals surface area contributed by atoms with Crippen molar-refractivity contribution >= 4 is 43.3 Å². The van der Waals surface area contributed by atoms with Crippen LogP contribution in [0.25, 0.3) is 21.1 Å². The van der Waals surface area contributed by atoms with Crippen LogP contribution in [0.15, 0.2) is 36.5 Å². The van der Waals surface area contributed by atoms with E-state index in [0.717, 1.165) is 22.9 Å². The Morgan fingerprint density at radius 3 is 3.00 bits per heavy atom. The summed E-state index contributed by atoms with van der Waals surface area (Å²) in [6.45, 7) is 0.645. The van der Waals surface area contributed by atoms with Gasteiger partial charge < -0.3 is 16.2 Å². The first-order valence-corrected chi connectivity index (χ1v) is 12.0. The Kier molecular flexibility index (Phi) is 3.73. The summed E-state index contributed by atoms with van der Waals surface area (Å²) in [5.41, 5.74) is 12.1. The number of nitrogens with two attached hydrogens (primary N) is 1. The molecule has 7 rings (SSSR count). The minimum absolute atomic E-state index is 0.107. The molecule has 6 nitrogen and oxygen atoms in total. The summed E-state index contributed by atoms with van der Waals surface area (Å²) in [5, 5.41) is 19.8. The van der Waals surface area contributed by atoms with Gasteiger partial charge in [-0.05, 0) is 78.3 Å². The highest BCUT2D eigenvalue weighted by molar-refractivity contribution is 7.22. The molecule has 4 aromatic rings. The molecule has 2 saturated carbocycles. The molecule has 7 heteroatoms. The monoisotopic (exact) mass is 431 g/mol. The molecule has 31 heavy (non-hydrogen) atoms. The molecule has 2 bridgehead atoms. The number of nitrogens with zero attached hydrogens (tertiary/aromatic N) is 3. The Hall–Kier alpha value is -2.64. The van der Waals surface area contributed by atoms with Crippen molar-refractivity contribution in [3.05, 3.63) is 47.7 Å². The number of benzene rings is 2. The summed E-state index contributed by atoms with van der Waals surface area (Å²) in [7, 11) is 0. The maximum absolute atomic E-state index is 9.43. The van der Waals surface area contributed by atoms with Crippen LogP contribution in [0, 0.1) is 17.8 Å². The van der Waals surface area contributed by atoms with Crippen LogP contribution in [0.3, 0.4) is 0 Å². The summed E-state index contributed by atoms with van der Waals surface area (Å²) >= 11 is 1.57. The molecule has 3 unspecified atom stereocenters. The largest absolute Gasteiger partial charge is 0.394 e. The maximum Gasteiger partial charge on any atom is 0.181 e. The Morgan fingerprint density at radius 1 is 1.19 bits per heavy atom. The van der Waals surface area contributed by atoms with E-state index in [0.29, 0.717) is 29.6 Å². The van der Waals surface area contributed by atoms with Crippen LogP contribution in [0.5, 0.6) is 0 Å². The van der Waals surface area contributed by atoms with Crippen molar-refractivity contribution in [3.63, 3.8) is 0 Å². The number of nitrogens with one attached hydrogen (secondary N) is 1. The van der Waals surface area contributed by atoms with Crippen molar-refractivity contribution in [2.45, 2.75) is 37.8 Å². The van der Waals surface area contributed by atoms with Crippen LogP contribution in [0.1, 0.15) is 42.3 Å². The van der Waals surface area contributed by atoms with Crippen LogP contribution >= 0.6 is 11.3 Å². The predicted octanol–water partition coefficient (Wildman–Crippen LogP) is 4.52. The lowest BCUT2D eigenvalue weighted by atomic mass is 9.67. The number of aromatic nitrogens is 3. The zero-order valence-electron chi connectivity index (χ0n) is 17.2. The Bertz CT molecular complexity index is 1330. The van der Waals surface area contributed by atoms with E-state index in [9.17, 15) is 5.11 Å². The van der Waals surface area contributed by atoms with Crippen molar-refractivity contribution in [1.29, 1.82) is 0 Å². The zero-order chi connectivity index (χ0) is 20.7. The highest BCUT2D eigenvalue weighted by Gasteiger charge is 2.54. The minimum atomic E-state index is 0.107. The first-order chi connectivity index (χ1) is 15.2. The number of hydrogen-bond donors (Lipinski definition) is 3. The van der Waals surface area contributed by atoms with E-state index in [-0.39, 0.29) is 6.61 Å². The third-order valence-electron chi connectivity index (χ3n) is 7.98. The molecule has 4 N–H and O–H groups in total. The van der Waals surface area contributed by atoms with E-state index in [1.807, 2.05) is 10.9 Å². The van der Waals surface area contributed by atoms with E-state index in [4.69, 9.17) is 5.73 Å². The SMILES string of the molecule is Nc1nc2ccc(C3Nc4ccc5c(cnn5CCO)c4[C@H]4C5CCC(C5)[C@@H]34)cc2s1. The summed E-state index contributed by atoms with van der Waals surface area (Å²) in [6.07, 6.45) is 6.03. The van der Waals surface area contributed by atoms with Crippen molar-refractivity contribution in [2.75, 3.05) is 17.7 Å². The normalized spacial score (nSPS) is 28.7. The number of aliphatic hydroxyl groups excluding tert-OH is 1. The van der Waals surface area contributed by atoms with E-state index in [1.165, 1.54) is 46.2 Å². The van der Waals surface area contributed by atoms with Gasteiger partial charge >= 0.3 is 0 Å². The molecule has 3 heterocycles. The smallest absolute Gasteiger partial charge is 0.181 e. The summed E-state index contributed by atoms with van der Waals surface area (Å²) in [4.78, 5) is 4.44. The van der Waals surface area contributed by atoms with Gasteiger partial charge in [-0.15, -0.1) is 0 Å². The van der Waals surface area contributed by atoms with Gasteiger partial charge in [-0.3, -0.25) is 4.68 Å². The van der Waals surface area contributed by atoms with Gasteiger partial charge in [-0.2, -0.15) is 5.10 Å². The molecular formula is C24H25N5OS. The second kappa shape index (κ2) is 6.43. The summed E-state index contributed by atoms with van der Waals surface area (Å²) in [6, 6.07) is 11.4. The topological polar surface area (TPSA) is 89.0 Å². The van der Waals surface area contributed by atoms with Gasteiger partial charge in [-0.25, -0.2) is 4.98 Å². The quantitative estimate of drug-likeness (QED) is 0.444. The van der Waals surface area contributed by atoms with Gasteiger partial charge in [-0.1, -0.05) is 17.4 Å². The van der Waals surface area contributed by atoms with E-state index in [2.05, 4.69) is 45.7 Å². The lowest BCUT2D eigenvalue weighted by Crippen LogP contribution is -2.35. The third-order valence-corrected chi connectivity index (χ3v) is 8.83. The molecule has 0 amide bonds. The Balaban J connectivity index is 1.39. The Morgan fingerprint density at radius 2 is 2.10 bits per heavy atom. The van der Waals surface area contributed by atoms with Crippen LogP contribution in [-0.4, -0.2) is 26.5 Å². The van der Waals surface area contributed by atoms with Gasteiger partial charge in [0.2, 0.25) is 0 Å². The fourth-order valence-corrected chi connectivity index (χ4v) is 7.68. The molecule has 5 atom stereocenters.